The molecule has 0 fully saturated rings. The molecule has 2 rings (SSSR count). The lowest BCUT2D eigenvalue weighted by Crippen LogP contribution is -2.12. The first kappa shape index (κ1) is 15.7. The van der Waals surface area contributed by atoms with Crippen LogP contribution in [0.2, 0.25) is 5.02 Å². The van der Waals surface area contributed by atoms with Gasteiger partial charge in [-0.25, -0.2) is 4.39 Å². The number of nitrogens with two attached hydrogens (primary N) is 1. The van der Waals surface area contributed by atoms with Crippen molar-refractivity contribution in [2.24, 2.45) is 0 Å². The number of benzene rings is 2. The minimum Gasteiger partial charge on any atom is -0.399 e. The molecule has 0 atom stereocenters. The Hall–Kier alpha value is -1.72. The lowest BCUT2D eigenvalue weighted by atomic mass is 10.3. The number of nitrogen functional groups attached to an aromatic ring is 1. The Kier molecular flexibility index (Phi) is 5.47. The number of halogens is 2. The minimum atomic E-state index is -0.377. The summed E-state index contributed by atoms with van der Waals surface area (Å²) < 4.78 is 13.2. The molecule has 0 aliphatic carbocycles. The van der Waals surface area contributed by atoms with Crippen LogP contribution in [-0.2, 0) is 4.79 Å². The summed E-state index contributed by atoms with van der Waals surface area (Å²) in [7, 11) is 0. The summed E-state index contributed by atoms with van der Waals surface area (Å²) in [5, 5.41) is 3.23. The first-order valence-electron chi connectivity index (χ1n) is 6.28. The number of anilines is 2. The van der Waals surface area contributed by atoms with Gasteiger partial charge < -0.3 is 11.1 Å². The molecular formula is C15H14ClFN2OS. The maximum absolute atomic E-state index is 13.2. The first-order valence-corrected chi connectivity index (χ1v) is 7.64. The van der Waals surface area contributed by atoms with Crippen molar-refractivity contribution < 1.29 is 9.18 Å². The number of hydrogen-bond donors (Lipinski definition) is 2. The van der Waals surface area contributed by atoms with Gasteiger partial charge in [-0.2, -0.15) is 0 Å². The van der Waals surface area contributed by atoms with E-state index in [1.54, 1.807) is 30.3 Å². The number of para-hydroxylation sites is 1. The smallest absolute Gasteiger partial charge is 0.225 e. The van der Waals surface area contributed by atoms with Gasteiger partial charge in [-0.15, -0.1) is 11.8 Å². The van der Waals surface area contributed by atoms with Crippen LogP contribution >= 0.6 is 23.4 Å². The summed E-state index contributed by atoms with van der Waals surface area (Å²) in [6.45, 7) is 0. The molecule has 3 N–H and O–H groups in total. The summed E-state index contributed by atoms with van der Waals surface area (Å²) in [5.41, 5.74) is 6.52. The first-order chi connectivity index (χ1) is 10.0. The van der Waals surface area contributed by atoms with Crippen molar-refractivity contribution in [2.45, 2.75) is 11.3 Å². The van der Waals surface area contributed by atoms with Gasteiger partial charge >= 0.3 is 0 Å². The van der Waals surface area contributed by atoms with Crippen LogP contribution in [0.1, 0.15) is 6.42 Å². The predicted octanol–water partition coefficient (Wildman–Crippen LogP) is 4.18. The monoisotopic (exact) mass is 324 g/mol. The zero-order chi connectivity index (χ0) is 15.2. The van der Waals surface area contributed by atoms with Gasteiger partial charge in [-0.3, -0.25) is 4.79 Å². The summed E-state index contributed by atoms with van der Waals surface area (Å²) in [6, 6.07) is 11.4. The number of hydrogen-bond acceptors (Lipinski definition) is 3. The van der Waals surface area contributed by atoms with Crippen molar-refractivity contribution in [3.8, 4) is 0 Å². The number of carbonyl (C=O) groups is 1. The molecule has 0 bridgehead atoms. The van der Waals surface area contributed by atoms with Crippen LogP contribution in [0, 0.1) is 5.82 Å². The molecule has 0 aliphatic rings. The van der Waals surface area contributed by atoms with E-state index in [2.05, 4.69) is 5.32 Å². The fourth-order valence-electron chi connectivity index (χ4n) is 1.70. The van der Waals surface area contributed by atoms with Crippen LogP contribution in [0.3, 0.4) is 0 Å². The van der Waals surface area contributed by atoms with Crippen molar-refractivity contribution in [1.29, 1.82) is 0 Å². The highest BCUT2D eigenvalue weighted by Gasteiger charge is 2.06. The molecule has 0 saturated heterocycles. The highest BCUT2D eigenvalue weighted by molar-refractivity contribution is 7.99. The van der Waals surface area contributed by atoms with Gasteiger partial charge in [0.25, 0.3) is 0 Å². The van der Waals surface area contributed by atoms with Crippen molar-refractivity contribution in [2.75, 3.05) is 16.8 Å². The van der Waals surface area contributed by atoms with Gasteiger partial charge in [0.1, 0.15) is 5.82 Å². The second-order valence-electron chi connectivity index (χ2n) is 4.35. The molecule has 0 unspecified atom stereocenters. The van der Waals surface area contributed by atoms with E-state index in [9.17, 15) is 9.18 Å². The van der Waals surface area contributed by atoms with Gasteiger partial charge in [-0.05, 0) is 30.3 Å². The molecule has 0 heterocycles. The zero-order valence-corrected chi connectivity index (χ0v) is 12.7. The van der Waals surface area contributed by atoms with Crippen LogP contribution in [0.5, 0.6) is 0 Å². The Morgan fingerprint density at radius 3 is 2.76 bits per heavy atom. The Balaban J connectivity index is 1.83. The third-order valence-electron chi connectivity index (χ3n) is 2.64. The quantitative estimate of drug-likeness (QED) is 0.640. The summed E-state index contributed by atoms with van der Waals surface area (Å²) in [5.74, 6) is 0.0112. The molecule has 3 nitrogen and oxygen atoms in total. The van der Waals surface area contributed by atoms with E-state index in [0.29, 0.717) is 33.5 Å². The third kappa shape index (κ3) is 4.95. The van der Waals surface area contributed by atoms with Crippen molar-refractivity contribution in [1.82, 2.24) is 0 Å². The van der Waals surface area contributed by atoms with Crippen molar-refractivity contribution in [3.05, 3.63) is 53.3 Å². The van der Waals surface area contributed by atoms with Gasteiger partial charge in [0.05, 0.1) is 10.7 Å². The van der Waals surface area contributed by atoms with E-state index in [-0.39, 0.29) is 11.7 Å². The Labute approximate surface area is 131 Å². The maximum atomic E-state index is 13.2. The Morgan fingerprint density at radius 2 is 2.05 bits per heavy atom. The van der Waals surface area contributed by atoms with Gasteiger partial charge in [0.2, 0.25) is 5.91 Å². The molecule has 1 amide bonds. The van der Waals surface area contributed by atoms with Crippen LogP contribution < -0.4 is 11.1 Å². The lowest BCUT2D eigenvalue weighted by Gasteiger charge is -2.07. The molecule has 0 radical (unpaired) electrons. The molecule has 21 heavy (non-hydrogen) atoms. The number of nitrogens with one attached hydrogen (secondary N) is 1. The van der Waals surface area contributed by atoms with Gasteiger partial charge in [-0.1, -0.05) is 23.7 Å². The summed E-state index contributed by atoms with van der Waals surface area (Å²) in [6.07, 6.45) is 0.298. The largest absolute Gasteiger partial charge is 0.399 e. The van der Waals surface area contributed by atoms with Gasteiger partial charge in [0, 0.05) is 22.8 Å². The molecule has 0 aliphatic heterocycles. The number of thioether (sulfide) groups is 1. The molecule has 110 valence electrons. The Bertz CT molecular complexity index is 631. The topological polar surface area (TPSA) is 55.1 Å². The lowest BCUT2D eigenvalue weighted by molar-refractivity contribution is -0.115. The molecule has 2 aromatic carbocycles. The summed E-state index contributed by atoms with van der Waals surface area (Å²) in [4.78, 5) is 12.5. The molecular weight excluding hydrogens is 311 g/mol. The normalized spacial score (nSPS) is 10.4. The third-order valence-corrected chi connectivity index (χ3v) is 3.95. The minimum absolute atomic E-state index is 0.139. The molecule has 0 spiro atoms. The van der Waals surface area contributed by atoms with Crippen molar-refractivity contribution >= 4 is 40.6 Å². The van der Waals surface area contributed by atoms with E-state index in [4.69, 9.17) is 17.3 Å². The van der Waals surface area contributed by atoms with Gasteiger partial charge in [0.15, 0.2) is 0 Å². The summed E-state index contributed by atoms with van der Waals surface area (Å²) >= 11 is 7.34. The standard InChI is InChI=1S/C15H14ClFN2OS/c16-13-3-1-2-4-14(13)19-15(20)5-6-21-12-8-10(17)7-11(18)9-12/h1-4,7-9H,5-6,18H2,(H,19,20). The second kappa shape index (κ2) is 7.33. The zero-order valence-electron chi connectivity index (χ0n) is 11.1. The molecule has 0 aromatic heterocycles. The van der Waals surface area contributed by atoms with E-state index >= 15 is 0 Å². The SMILES string of the molecule is Nc1cc(F)cc(SCCC(=O)Nc2ccccc2Cl)c1. The van der Waals surface area contributed by atoms with E-state index < -0.39 is 0 Å². The number of amides is 1. The second-order valence-corrected chi connectivity index (χ2v) is 5.92. The molecule has 6 heteroatoms. The van der Waals surface area contributed by atoms with E-state index in [1.807, 2.05) is 0 Å². The molecule has 0 saturated carbocycles. The average molecular weight is 325 g/mol. The van der Waals surface area contributed by atoms with E-state index in [1.165, 1.54) is 23.9 Å². The fourth-order valence-corrected chi connectivity index (χ4v) is 2.83. The Morgan fingerprint density at radius 1 is 1.29 bits per heavy atom. The number of rotatable bonds is 5. The molecule has 2 aromatic rings. The fraction of sp³-hybridized carbons (Fsp3) is 0.133. The van der Waals surface area contributed by atoms with E-state index in [0.717, 1.165) is 0 Å². The van der Waals surface area contributed by atoms with Crippen LogP contribution in [0.15, 0.2) is 47.4 Å². The van der Waals surface area contributed by atoms with Crippen LogP contribution in [0.25, 0.3) is 0 Å². The highest BCUT2D eigenvalue weighted by Crippen LogP contribution is 2.24. The van der Waals surface area contributed by atoms with Crippen LogP contribution in [0.4, 0.5) is 15.8 Å². The highest BCUT2D eigenvalue weighted by atomic mass is 35.5. The number of carbonyl (C=O) groups excluding carboxylic acids is 1. The van der Waals surface area contributed by atoms with Crippen molar-refractivity contribution in [3.63, 3.8) is 0 Å². The average Bonchev–Trinajstić information content (AvgIpc) is 2.40. The maximum Gasteiger partial charge on any atom is 0.225 e. The van der Waals surface area contributed by atoms with Crippen LogP contribution in [-0.4, -0.2) is 11.7 Å². The predicted molar refractivity (Wildman–Crippen MR) is 86.2 cm³/mol.